The van der Waals surface area contributed by atoms with Crippen LogP contribution in [-0.4, -0.2) is 34.3 Å². The molecule has 0 rings (SSSR count). The minimum Gasteiger partial charge on any atom is -0.302 e. The molecule has 0 radical (unpaired) electrons. The monoisotopic (exact) mass is 418 g/mol. The third-order valence-corrected chi connectivity index (χ3v) is 7.49. The van der Waals surface area contributed by atoms with Gasteiger partial charge in [0, 0.05) is 0 Å². The highest BCUT2D eigenvalue weighted by Gasteiger charge is 2.46. The van der Waals surface area contributed by atoms with Crippen LogP contribution in [0.25, 0.3) is 0 Å². The van der Waals surface area contributed by atoms with Crippen LogP contribution in [0.5, 0.6) is 0 Å². The summed E-state index contributed by atoms with van der Waals surface area (Å²) in [5.74, 6) is 0. The first kappa shape index (κ1) is 21.7. The van der Waals surface area contributed by atoms with Crippen molar-refractivity contribution in [3.05, 3.63) is 0 Å². The molecular weight excluding hydrogens is 411 g/mol. The van der Waals surface area contributed by atoms with Gasteiger partial charge in [-0.1, -0.05) is 0 Å². The van der Waals surface area contributed by atoms with Crippen molar-refractivity contribution in [1.82, 2.24) is 0 Å². The standard InChI is InChI=1S/H7O16P5/c1-17(2,3)13-19(7,8)15-21(11,12)16-20(9,10)14-18(4,5)6/h(H,7,8)(H,9,10)(H,11,12)(H2,1,2,3)(H2,4,5,6). The average Bonchev–Trinajstić information content (AvgIpc) is 1.83. The van der Waals surface area contributed by atoms with Crippen molar-refractivity contribution < 1.29 is 74.3 Å². The van der Waals surface area contributed by atoms with Gasteiger partial charge in [-0.2, -0.15) is 17.2 Å². The molecule has 2 unspecified atom stereocenters. The summed E-state index contributed by atoms with van der Waals surface area (Å²) in [4.78, 5) is 58.7. The van der Waals surface area contributed by atoms with Gasteiger partial charge in [-0.25, -0.2) is 22.8 Å². The third kappa shape index (κ3) is 11.9. The zero-order valence-corrected chi connectivity index (χ0v) is 13.5. The smallest absolute Gasteiger partial charge is 0.302 e. The van der Waals surface area contributed by atoms with Crippen molar-refractivity contribution in [3.63, 3.8) is 0 Å². The summed E-state index contributed by atoms with van der Waals surface area (Å²) in [5, 5.41) is 0. The normalized spacial score (nSPS) is 22.0. The molecule has 21 heavy (non-hydrogen) atoms. The number of hydrogen-bond acceptors (Lipinski definition) is 9. The Morgan fingerprint density at radius 3 is 0.810 bits per heavy atom. The highest BCUT2D eigenvalue weighted by atomic mass is 31.3. The second-order valence-corrected chi connectivity index (χ2v) is 10.1. The van der Waals surface area contributed by atoms with Gasteiger partial charge in [0.05, 0.1) is 0 Å². The van der Waals surface area contributed by atoms with Gasteiger partial charge >= 0.3 is 39.1 Å². The Labute approximate surface area is 114 Å². The number of hydrogen-bond donors (Lipinski definition) is 7. The van der Waals surface area contributed by atoms with Gasteiger partial charge < -0.3 is 34.3 Å². The summed E-state index contributed by atoms with van der Waals surface area (Å²) in [6, 6.07) is 0. The molecule has 0 aliphatic rings. The van der Waals surface area contributed by atoms with Crippen molar-refractivity contribution in [3.8, 4) is 0 Å². The molecule has 0 aromatic heterocycles. The van der Waals surface area contributed by atoms with Crippen molar-refractivity contribution in [1.29, 1.82) is 0 Å². The van der Waals surface area contributed by atoms with Crippen molar-refractivity contribution in [2.45, 2.75) is 0 Å². The van der Waals surface area contributed by atoms with E-state index in [1.165, 1.54) is 0 Å². The SMILES string of the molecule is O=P(O)(O)OP(=O)(O)OP(=O)(O)OP(=O)(O)OP(=O)(O)O. The lowest BCUT2D eigenvalue weighted by Gasteiger charge is -2.18. The highest BCUT2D eigenvalue weighted by Crippen LogP contribution is 2.72. The van der Waals surface area contributed by atoms with Gasteiger partial charge in [-0.3, -0.25) is 0 Å². The van der Waals surface area contributed by atoms with E-state index >= 15 is 0 Å². The van der Waals surface area contributed by atoms with Gasteiger partial charge in [-0.15, -0.1) is 0 Å². The molecule has 128 valence electrons. The molecule has 0 aliphatic heterocycles. The fourth-order valence-electron chi connectivity index (χ4n) is 0.574. The largest absolute Gasteiger partial charge is 0.490 e. The predicted molar refractivity (Wildman–Crippen MR) is 57.9 cm³/mol. The van der Waals surface area contributed by atoms with Crippen LogP contribution >= 0.6 is 39.1 Å². The van der Waals surface area contributed by atoms with Crippen LogP contribution in [0.2, 0.25) is 0 Å². The molecule has 2 atom stereocenters. The second kappa shape index (κ2) is 6.68. The molecule has 0 heterocycles. The Balaban J connectivity index is 5.05. The van der Waals surface area contributed by atoms with Crippen molar-refractivity contribution in [2.75, 3.05) is 0 Å². The van der Waals surface area contributed by atoms with E-state index < -0.39 is 39.1 Å². The van der Waals surface area contributed by atoms with E-state index in [1.54, 1.807) is 0 Å². The van der Waals surface area contributed by atoms with Crippen LogP contribution < -0.4 is 0 Å². The summed E-state index contributed by atoms with van der Waals surface area (Å²) in [6.07, 6.45) is 0. The molecule has 0 aliphatic carbocycles. The lowest BCUT2D eigenvalue weighted by Crippen LogP contribution is -1.97. The minimum atomic E-state index is -6.07. The average molecular weight is 418 g/mol. The molecular formula is H7O16P5. The minimum absolute atomic E-state index is 3.05. The molecule has 7 N–H and O–H groups in total. The van der Waals surface area contributed by atoms with Crippen LogP contribution in [0.3, 0.4) is 0 Å². The van der Waals surface area contributed by atoms with E-state index in [2.05, 4.69) is 17.2 Å². The van der Waals surface area contributed by atoms with Crippen molar-refractivity contribution in [2.24, 2.45) is 0 Å². The molecule has 0 bridgehead atoms. The van der Waals surface area contributed by atoms with E-state index in [0.29, 0.717) is 0 Å². The topological polar surface area (TPSA) is 264 Å². The second-order valence-electron chi connectivity index (χ2n) is 2.71. The maximum Gasteiger partial charge on any atom is 0.490 e. The summed E-state index contributed by atoms with van der Waals surface area (Å²) >= 11 is 0. The van der Waals surface area contributed by atoms with Crippen LogP contribution in [0, 0.1) is 0 Å². The molecule has 0 saturated heterocycles. The molecule has 0 spiro atoms. The fourth-order valence-corrected chi connectivity index (χ4v) is 5.97. The van der Waals surface area contributed by atoms with Crippen LogP contribution in [-0.2, 0) is 40.1 Å². The van der Waals surface area contributed by atoms with Crippen LogP contribution in [0.4, 0.5) is 0 Å². The van der Waals surface area contributed by atoms with E-state index in [-0.39, 0.29) is 0 Å². The third-order valence-electron chi connectivity index (χ3n) is 0.832. The van der Waals surface area contributed by atoms with Gasteiger partial charge in [0.25, 0.3) is 0 Å². The Kier molecular flexibility index (Phi) is 6.90. The molecule has 0 aromatic rings. The maximum absolute atomic E-state index is 11.0. The molecule has 21 heteroatoms. The molecule has 0 fully saturated rings. The zero-order chi connectivity index (χ0) is 17.3. The van der Waals surface area contributed by atoms with Crippen molar-refractivity contribution >= 4 is 39.1 Å². The lowest BCUT2D eigenvalue weighted by molar-refractivity contribution is 0.188. The predicted octanol–water partition coefficient (Wildman–Crippen LogP) is -0.461. The summed E-state index contributed by atoms with van der Waals surface area (Å²) < 4.78 is 65.6. The first-order valence-electron chi connectivity index (χ1n) is 3.77. The first-order valence-corrected chi connectivity index (χ1v) is 11.3. The fraction of sp³-hybridized carbons (Fsp3) is 0. The van der Waals surface area contributed by atoms with Gasteiger partial charge in [0.15, 0.2) is 0 Å². The Bertz CT molecular complexity index is 546. The van der Waals surface area contributed by atoms with Crippen LogP contribution in [0.15, 0.2) is 0 Å². The highest BCUT2D eigenvalue weighted by molar-refractivity contribution is 7.71. The Hall–Kier alpha value is 0.710. The van der Waals surface area contributed by atoms with Gasteiger partial charge in [0.2, 0.25) is 0 Å². The molecule has 16 nitrogen and oxygen atoms in total. The molecule has 0 saturated carbocycles. The summed E-state index contributed by atoms with van der Waals surface area (Å²) in [6.45, 7) is 0. The van der Waals surface area contributed by atoms with E-state index in [1.807, 2.05) is 0 Å². The molecule has 0 aromatic carbocycles. The zero-order valence-electron chi connectivity index (χ0n) is 9.04. The van der Waals surface area contributed by atoms with E-state index in [0.717, 1.165) is 0 Å². The first-order chi connectivity index (χ1) is 8.83. The quantitative estimate of drug-likeness (QED) is 0.246. The number of rotatable bonds is 8. The van der Waals surface area contributed by atoms with E-state index in [9.17, 15) is 22.8 Å². The Morgan fingerprint density at radius 2 is 0.619 bits per heavy atom. The molecule has 0 amide bonds. The van der Waals surface area contributed by atoms with Crippen LogP contribution in [0.1, 0.15) is 0 Å². The summed E-state index contributed by atoms with van der Waals surface area (Å²) in [5.41, 5.74) is 0. The van der Waals surface area contributed by atoms with E-state index in [4.69, 9.17) is 34.3 Å². The number of phosphoric acid groups is 5. The van der Waals surface area contributed by atoms with Gasteiger partial charge in [0.1, 0.15) is 0 Å². The maximum atomic E-state index is 11.0. The summed E-state index contributed by atoms with van der Waals surface area (Å²) in [7, 11) is -29.3. The van der Waals surface area contributed by atoms with Gasteiger partial charge in [-0.05, 0) is 0 Å². The lowest BCUT2D eigenvalue weighted by atomic mass is 15.7. The Morgan fingerprint density at radius 1 is 0.429 bits per heavy atom.